The van der Waals surface area contributed by atoms with Gasteiger partial charge in [-0.15, -0.1) is 0 Å². The van der Waals surface area contributed by atoms with E-state index >= 15 is 0 Å². The second-order valence-corrected chi connectivity index (χ2v) is 6.69. The molecular weight excluding hydrogens is 283 g/mol. The van der Waals surface area contributed by atoms with E-state index in [0.29, 0.717) is 11.3 Å². The van der Waals surface area contributed by atoms with Crippen molar-refractivity contribution in [1.29, 1.82) is 0 Å². The minimum atomic E-state index is -3.02. The Hall–Kier alpha value is -1.89. The summed E-state index contributed by atoms with van der Waals surface area (Å²) in [6.45, 7) is 0.260. The van der Waals surface area contributed by atoms with E-state index in [0.717, 1.165) is 5.39 Å². The normalized spacial score (nSPS) is 11.6. The van der Waals surface area contributed by atoms with Crippen LogP contribution in [0.4, 0.5) is 10.2 Å². The third kappa shape index (κ3) is 3.57. The number of sulfone groups is 1. The summed E-state index contributed by atoms with van der Waals surface area (Å²) in [7, 11) is -1.62. The largest absolute Gasteiger partial charge is 0.494 e. The molecule has 0 aliphatic rings. The molecule has 5 nitrogen and oxygen atoms in total. The van der Waals surface area contributed by atoms with Crippen molar-refractivity contribution in [3.05, 3.63) is 30.1 Å². The summed E-state index contributed by atoms with van der Waals surface area (Å²) < 4.78 is 40.5. The van der Waals surface area contributed by atoms with Gasteiger partial charge in [0.25, 0.3) is 0 Å². The molecule has 2 aromatic rings. The van der Waals surface area contributed by atoms with E-state index in [-0.39, 0.29) is 18.0 Å². The third-order valence-electron chi connectivity index (χ3n) is 2.74. The van der Waals surface area contributed by atoms with Crippen LogP contribution in [0, 0.1) is 5.82 Å². The highest BCUT2D eigenvalue weighted by atomic mass is 32.2. The van der Waals surface area contributed by atoms with E-state index < -0.39 is 15.7 Å². The molecule has 0 bridgehead atoms. The number of hydrogen-bond donors (Lipinski definition) is 1. The topological polar surface area (TPSA) is 68.3 Å². The average Bonchev–Trinajstić information content (AvgIpc) is 2.36. The molecule has 7 heteroatoms. The second-order valence-electron chi connectivity index (χ2n) is 4.43. The second kappa shape index (κ2) is 5.62. The van der Waals surface area contributed by atoms with E-state index in [1.54, 1.807) is 18.2 Å². The van der Waals surface area contributed by atoms with Gasteiger partial charge < -0.3 is 10.1 Å². The van der Waals surface area contributed by atoms with Crippen LogP contribution in [0.25, 0.3) is 10.9 Å². The van der Waals surface area contributed by atoms with Crippen molar-refractivity contribution in [3.8, 4) is 5.75 Å². The smallest absolute Gasteiger partial charge is 0.167 e. The zero-order valence-corrected chi connectivity index (χ0v) is 12.0. The molecule has 0 spiro atoms. The van der Waals surface area contributed by atoms with Crippen LogP contribution in [0.3, 0.4) is 0 Å². The number of anilines is 1. The fourth-order valence-corrected chi connectivity index (χ4v) is 2.22. The first-order valence-electron chi connectivity index (χ1n) is 5.95. The van der Waals surface area contributed by atoms with Crippen molar-refractivity contribution in [1.82, 2.24) is 4.98 Å². The summed E-state index contributed by atoms with van der Waals surface area (Å²) in [5, 5.41) is 3.64. The molecular formula is C13H15FN2O3S. The summed E-state index contributed by atoms with van der Waals surface area (Å²) in [5.41, 5.74) is 0.479. The first-order valence-corrected chi connectivity index (χ1v) is 8.01. The number of rotatable bonds is 5. The van der Waals surface area contributed by atoms with Gasteiger partial charge in [0, 0.05) is 24.3 Å². The number of pyridine rings is 1. The van der Waals surface area contributed by atoms with Gasteiger partial charge in [0.1, 0.15) is 15.7 Å². The zero-order chi connectivity index (χ0) is 14.8. The summed E-state index contributed by atoms with van der Waals surface area (Å²) >= 11 is 0. The highest BCUT2D eigenvalue weighted by Gasteiger charge is 2.07. The number of halogens is 1. The molecule has 0 saturated heterocycles. The van der Waals surface area contributed by atoms with Crippen LogP contribution in [0.1, 0.15) is 0 Å². The molecule has 0 radical (unpaired) electrons. The van der Waals surface area contributed by atoms with Gasteiger partial charge >= 0.3 is 0 Å². The molecule has 20 heavy (non-hydrogen) atoms. The lowest BCUT2D eigenvalue weighted by Gasteiger charge is -2.07. The van der Waals surface area contributed by atoms with Gasteiger partial charge in [0.05, 0.1) is 18.4 Å². The Balaban J connectivity index is 2.21. The minimum Gasteiger partial charge on any atom is -0.494 e. The standard InChI is InChI=1S/C13H15FN2O3S/c1-19-12-7-9-3-4-13(15-5-6-20(2,17)18)16-11(9)8-10(12)14/h3-4,7-8H,5-6H2,1-2H3,(H,15,16). The zero-order valence-electron chi connectivity index (χ0n) is 11.2. The summed E-state index contributed by atoms with van der Waals surface area (Å²) in [6.07, 6.45) is 1.17. The number of nitrogens with zero attached hydrogens (tertiary/aromatic N) is 1. The lowest BCUT2D eigenvalue weighted by Crippen LogP contribution is -2.14. The molecule has 1 N–H and O–H groups in total. The first kappa shape index (κ1) is 14.5. The molecule has 108 valence electrons. The van der Waals surface area contributed by atoms with E-state index in [4.69, 9.17) is 4.74 Å². The van der Waals surface area contributed by atoms with Crippen molar-refractivity contribution in [3.63, 3.8) is 0 Å². The molecule has 0 saturated carbocycles. The van der Waals surface area contributed by atoms with Crippen LogP contribution in [-0.2, 0) is 9.84 Å². The number of aromatic nitrogens is 1. The molecule has 2 rings (SSSR count). The van der Waals surface area contributed by atoms with Crippen molar-refractivity contribution in [2.24, 2.45) is 0 Å². The Morgan fingerprint density at radius 2 is 2.10 bits per heavy atom. The highest BCUT2D eigenvalue weighted by molar-refractivity contribution is 7.90. The lowest BCUT2D eigenvalue weighted by atomic mass is 10.2. The number of ether oxygens (including phenoxy) is 1. The third-order valence-corrected chi connectivity index (χ3v) is 3.69. The van der Waals surface area contributed by atoms with Crippen molar-refractivity contribution < 1.29 is 17.5 Å². The highest BCUT2D eigenvalue weighted by Crippen LogP contribution is 2.24. The molecule has 1 heterocycles. The molecule has 0 unspecified atom stereocenters. The van der Waals surface area contributed by atoms with Gasteiger partial charge in [-0.3, -0.25) is 0 Å². The molecule has 0 aliphatic carbocycles. The Morgan fingerprint density at radius 3 is 2.75 bits per heavy atom. The van der Waals surface area contributed by atoms with Crippen molar-refractivity contribution >= 4 is 26.6 Å². The van der Waals surface area contributed by atoms with Gasteiger partial charge in [-0.2, -0.15) is 0 Å². The van der Waals surface area contributed by atoms with Crippen LogP contribution in [0.2, 0.25) is 0 Å². The maximum atomic E-state index is 13.6. The van der Waals surface area contributed by atoms with Crippen LogP contribution in [0.15, 0.2) is 24.3 Å². The minimum absolute atomic E-state index is 0.0176. The Bertz CT molecular complexity index is 732. The number of nitrogens with one attached hydrogen (secondary N) is 1. The maximum Gasteiger partial charge on any atom is 0.167 e. The summed E-state index contributed by atoms with van der Waals surface area (Å²) in [5.74, 6) is 0.201. The molecule has 1 aromatic carbocycles. The maximum absolute atomic E-state index is 13.6. The van der Waals surface area contributed by atoms with Crippen LogP contribution in [0.5, 0.6) is 5.75 Å². The quantitative estimate of drug-likeness (QED) is 0.912. The van der Waals surface area contributed by atoms with Gasteiger partial charge in [0.15, 0.2) is 11.6 Å². The molecule has 0 atom stereocenters. The van der Waals surface area contributed by atoms with Crippen molar-refractivity contribution in [2.45, 2.75) is 0 Å². The number of methoxy groups -OCH3 is 1. The Kier molecular flexibility index (Phi) is 4.08. The monoisotopic (exact) mass is 298 g/mol. The van der Waals surface area contributed by atoms with Gasteiger partial charge in [0.2, 0.25) is 0 Å². The van der Waals surface area contributed by atoms with Gasteiger partial charge in [-0.25, -0.2) is 17.8 Å². The van der Waals surface area contributed by atoms with Gasteiger partial charge in [-0.05, 0) is 18.2 Å². The van der Waals surface area contributed by atoms with Gasteiger partial charge in [-0.1, -0.05) is 0 Å². The summed E-state index contributed by atoms with van der Waals surface area (Å²) in [6, 6.07) is 6.34. The summed E-state index contributed by atoms with van der Waals surface area (Å²) in [4.78, 5) is 4.23. The van der Waals surface area contributed by atoms with Crippen molar-refractivity contribution in [2.75, 3.05) is 31.0 Å². The number of hydrogen-bond acceptors (Lipinski definition) is 5. The molecule has 0 amide bonds. The SMILES string of the molecule is COc1cc2ccc(NCCS(C)(=O)=O)nc2cc1F. The van der Waals surface area contributed by atoms with Crippen LogP contribution in [-0.4, -0.2) is 39.1 Å². The van der Waals surface area contributed by atoms with Crippen LogP contribution < -0.4 is 10.1 Å². The molecule has 0 fully saturated rings. The molecule has 1 aromatic heterocycles. The predicted octanol–water partition coefficient (Wildman–Crippen LogP) is 1.84. The number of fused-ring (bicyclic) bond motifs is 1. The number of benzene rings is 1. The fourth-order valence-electron chi connectivity index (χ4n) is 1.74. The van der Waals surface area contributed by atoms with E-state index in [1.807, 2.05) is 0 Å². The predicted molar refractivity (Wildman–Crippen MR) is 76.5 cm³/mol. The average molecular weight is 298 g/mol. The van der Waals surface area contributed by atoms with E-state index in [2.05, 4.69) is 10.3 Å². The lowest BCUT2D eigenvalue weighted by molar-refractivity contribution is 0.387. The van der Waals surface area contributed by atoms with E-state index in [1.165, 1.54) is 19.4 Å². The van der Waals surface area contributed by atoms with Crippen LogP contribution >= 0.6 is 0 Å². The first-order chi connectivity index (χ1) is 9.39. The fraction of sp³-hybridized carbons (Fsp3) is 0.308. The van der Waals surface area contributed by atoms with E-state index in [9.17, 15) is 12.8 Å². The Labute approximate surface area is 116 Å². The molecule has 0 aliphatic heterocycles. The Morgan fingerprint density at radius 1 is 1.35 bits per heavy atom.